The van der Waals surface area contributed by atoms with Crippen LogP contribution in [0.5, 0.6) is 0 Å². The number of amides is 1. The van der Waals surface area contributed by atoms with Gasteiger partial charge in [-0.05, 0) is 56.2 Å². The highest BCUT2D eigenvalue weighted by atomic mass is 32.2. The van der Waals surface area contributed by atoms with E-state index in [1.807, 2.05) is 63.2 Å². The molecule has 6 nitrogen and oxygen atoms in total. The van der Waals surface area contributed by atoms with Crippen molar-refractivity contribution in [3.63, 3.8) is 0 Å². The molecule has 0 aliphatic heterocycles. The van der Waals surface area contributed by atoms with Gasteiger partial charge in [0.1, 0.15) is 5.60 Å². The Labute approximate surface area is 235 Å². The molecule has 0 saturated carbocycles. The first-order valence-corrected chi connectivity index (χ1v) is 13.2. The zero-order valence-corrected chi connectivity index (χ0v) is 23.0. The molecule has 3 aromatic carbocycles. The van der Waals surface area contributed by atoms with Crippen LogP contribution in [-0.4, -0.2) is 24.7 Å². The Balaban J connectivity index is 0.000000311. The van der Waals surface area contributed by atoms with Crippen LogP contribution in [0.15, 0.2) is 96.6 Å². The molecule has 0 atom stereocenters. The molecule has 0 aliphatic carbocycles. The summed E-state index contributed by atoms with van der Waals surface area (Å²) in [5.41, 5.74) is 0.221. The van der Waals surface area contributed by atoms with Gasteiger partial charge in [-0.25, -0.2) is 18.0 Å². The van der Waals surface area contributed by atoms with Gasteiger partial charge in [0.15, 0.2) is 17.5 Å². The van der Waals surface area contributed by atoms with Crippen LogP contribution < -0.4 is 5.32 Å². The normalized spacial score (nSPS) is 11.1. The van der Waals surface area contributed by atoms with Crippen LogP contribution in [0, 0.1) is 11.6 Å². The maximum atomic E-state index is 12.6. The molecule has 0 fully saturated rings. The number of halogens is 5. The molecule has 3 aromatic rings. The van der Waals surface area contributed by atoms with Crippen LogP contribution in [0.25, 0.3) is 18.0 Å². The van der Waals surface area contributed by atoms with Crippen LogP contribution in [0.3, 0.4) is 0 Å². The van der Waals surface area contributed by atoms with Crippen LogP contribution in [0.4, 0.5) is 26.7 Å². The second-order valence-electron chi connectivity index (χ2n) is 8.79. The Bertz CT molecular complexity index is 1450. The van der Waals surface area contributed by atoms with Gasteiger partial charge in [-0.2, -0.15) is 17.2 Å². The fraction of sp³-hybridized carbons (Fsp3) is 0.138. The van der Waals surface area contributed by atoms with Crippen LogP contribution in [0.2, 0.25) is 0 Å². The molecule has 0 unspecified atom stereocenters. The minimum absolute atomic E-state index is 0.445. The van der Waals surface area contributed by atoms with Crippen molar-refractivity contribution >= 4 is 34.2 Å². The van der Waals surface area contributed by atoms with Crippen molar-refractivity contribution in [3.05, 3.63) is 125 Å². The number of carbonyl (C=O) groups excluding carboxylic acids is 1. The maximum Gasteiger partial charge on any atom is 0.411 e. The van der Waals surface area contributed by atoms with Gasteiger partial charge in [-0.3, -0.25) is 9.87 Å². The summed E-state index contributed by atoms with van der Waals surface area (Å²) in [6, 6.07) is 21.0. The first-order valence-electron chi connectivity index (χ1n) is 11.7. The van der Waals surface area contributed by atoms with E-state index >= 15 is 0 Å². The van der Waals surface area contributed by atoms with Crippen molar-refractivity contribution in [3.8, 4) is 0 Å². The second kappa shape index (κ2) is 16.7. The van der Waals surface area contributed by atoms with Gasteiger partial charge in [0.05, 0.1) is 11.0 Å². The number of hydrogen-bond donors (Lipinski definition) is 2. The summed E-state index contributed by atoms with van der Waals surface area (Å²) in [7, 11) is -4.00. The molecule has 2 N–H and O–H groups in total. The van der Waals surface area contributed by atoms with E-state index in [4.69, 9.17) is 9.29 Å². The van der Waals surface area contributed by atoms with Crippen LogP contribution >= 0.6 is 0 Å². The summed E-state index contributed by atoms with van der Waals surface area (Å²) in [6.45, 7) is 5.48. The number of hydrogen-bond acceptors (Lipinski definition) is 4. The quantitative estimate of drug-likeness (QED) is 0.228. The standard InChI is InChI=1S/C13H17NO2.C8H3F5.C8H8O3S/c1-13(2,3)16-12(15)14-10-9-11-7-5-4-6-8-11;9-5-3-1-2-4(6(5)10)7(11)8(12)13;9-12(10,11)7-6-8-4-2-1-3-5-8/h4-10H,1-3H3,(H,14,15);1-3H;1-7H,(H,9,10,11). The van der Waals surface area contributed by atoms with E-state index in [1.54, 1.807) is 30.5 Å². The average molecular weight is 598 g/mol. The fourth-order valence-corrected chi connectivity index (χ4v) is 2.91. The number of alkyl carbamates (subject to hydrolysis) is 1. The van der Waals surface area contributed by atoms with Gasteiger partial charge in [0, 0.05) is 6.20 Å². The lowest BCUT2D eigenvalue weighted by Crippen LogP contribution is -2.29. The number of ether oxygens (including phenoxy) is 1. The predicted octanol–water partition coefficient (Wildman–Crippen LogP) is 8.23. The van der Waals surface area contributed by atoms with E-state index in [2.05, 4.69) is 5.32 Å². The molecule has 0 bridgehead atoms. The molecule has 3 rings (SSSR count). The molecule has 0 aromatic heterocycles. The lowest BCUT2D eigenvalue weighted by molar-refractivity contribution is 0.0552. The molecule has 220 valence electrons. The molecule has 0 spiro atoms. The first kappa shape index (κ1) is 34.7. The van der Waals surface area contributed by atoms with E-state index in [9.17, 15) is 35.2 Å². The zero-order valence-electron chi connectivity index (χ0n) is 22.2. The molecule has 41 heavy (non-hydrogen) atoms. The summed E-state index contributed by atoms with van der Waals surface area (Å²) in [5, 5.41) is 3.30. The number of nitrogens with one attached hydrogen (secondary N) is 1. The van der Waals surface area contributed by atoms with E-state index in [0.29, 0.717) is 6.07 Å². The number of benzene rings is 3. The molecule has 0 aliphatic rings. The summed E-state index contributed by atoms with van der Waals surface area (Å²) >= 11 is 0. The number of carbonyl (C=O) groups is 1. The molecule has 12 heteroatoms. The highest BCUT2D eigenvalue weighted by Crippen LogP contribution is 2.25. The molecular weight excluding hydrogens is 569 g/mol. The van der Waals surface area contributed by atoms with Crippen LogP contribution in [0.1, 0.15) is 37.5 Å². The van der Waals surface area contributed by atoms with E-state index in [1.165, 1.54) is 6.08 Å². The van der Waals surface area contributed by atoms with Crippen molar-refractivity contribution in [1.82, 2.24) is 5.32 Å². The lowest BCUT2D eigenvalue weighted by Gasteiger charge is -2.18. The van der Waals surface area contributed by atoms with Gasteiger partial charge >= 0.3 is 12.2 Å². The molecule has 0 saturated heterocycles. The SMILES string of the molecule is CC(C)(C)OC(=O)NC=Cc1ccccc1.FC(F)=C(F)c1cccc(F)c1F.O=S(=O)(O)C=Cc1ccccc1. The van der Waals surface area contributed by atoms with Crippen LogP contribution in [-0.2, 0) is 14.9 Å². The van der Waals surface area contributed by atoms with Crippen molar-refractivity contribution in [2.75, 3.05) is 0 Å². The zero-order chi connectivity index (χ0) is 31.1. The number of rotatable bonds is 5. The van der Waals surface area contributed by atoms with E-state index in [0.717, 1.165) is 28.7 Å². The lowest BCUT2D eigenvalue weighted by atomic mass is 10.2. The maximum absolute atomic E-state index is 12.6. The Morgan fingerprint density at radius 3 is 1.80 bits per heavy atom. The van der Waals surface area contributed by atoms with Gasteiger partial charge in [-0.15, -0.1) is 0 Å². The van der Waals surface area contributed by atoms with Gasteiger partial charge in [0.25, 0.3) is 10.1 Å². The highest BCUT2D eigenvalue weighted by molar-refractivity contribution is 7.88. The minimum Gasteiger partial charge on any atom is -0.444 e. The molecule has 0 heterocycles. The monoisotopic (exact) mass is 597 g/mol. The third kappa shape index (κ3) is 15.8. The summed E-state index contributed by atoms with van der Waals surface area (Å²) in [6.07, 6.45) is 1.59. The Hall–Kier alpha value is -4.29. The molecule has 0 radical (unpaired) electrons. The third-order valence-corrected chi connectivity index (χ3v) is 4.74. The predicted molar refractivity (Wildman–Crippen MR) is 148 cm³/mol. The van der Waals surface area contributed by atoms with Gasteiger partial charge in [-0.1, -0.05) is 66.7 Å². The van der Waals surface area contributed by atoms with E-state index < -0.39 is 50.9 Å². The van der Waals surface area contributed by atoms with E-state index in [-0.39, 0.29) is 0 Å². The average Bonchev–Trinajstić information content (AvgIpc) is 2.89. The summed E-state index contributed by atoms with van der Waals surface area (Å²) in [4.78, 5) is 11.3. The highest BCUT2D eigenvalue weighted by Gasteiger charge is 2.16. The third-order valence-electron chi connectivity index (χ3n) is 4.26. The second-order valence-corrected chi connectivity index (χ2v) is 10.1. The minimum atomic E-state index is -4.00. The smallest absolute Gasteiger partial charge is 0.411 e. The van der Waals surface area contributed by atoms with Crippen molar-refractivity contribution < 1.29 is 44.5 Å². The summed E-state index contributed by atoms with van der Waals surface area (Å²) in [5.74, 6) is -5.03. The molecular formula is C29H28F5NO5S. The Morgan fingerprint density at radius 2 is 1.34 bits per heavy atom. The first-order chi connectivity index (χ1) is 19.1. The Morgan fingerprint density at radius 1 is 0.829 bits per heavy atom. The molecule has 1 amide bonds. The Kier molecular flexibility index (Phi) is 14.2. The van der Waals surface area contributed by atoms with Gasteiger partial charge in [0.2, 0.25) is 0 Å². The van der Waals surface area contributed by atoms with Gasteiger partial charge < -0.3 is 4.74 Å². The van der Waals surface area contributed by atoms with Crippen molar-refractivity contribution in [2.24, 2.45) is 0 Å². The van der Waals surface area contributed by atoms with Crippen molar-refractivity contribution in [2.45, 2.75) is 26.4 Å². The largest absolute Gasteiger partial charge is 0.444 e. The van der Waals surface area contributed by atoms with Crippen molar-refractivity contribution in [1.29, 1.82) is 0 Å². The topological polar surface area (TPSA) is 92.7 Å². The fourth-order valence-electron chi connectivity index (χ4n) is 2.58. The summed E-state index contributed by atoms with van der Waals surface area (Å²) < 4.78 is 94.7.